The Kier molecular flexibility index (Phi) is 4.15. The largest absolute Gasteiger partial charge is 0.496 e. The molecule has 3 saturated heterocycles. The molecule has 4 heteroatoms. The molecule has 114 valence electrons. The van der Waals surface area contributed by atoms with Crippen molar-refractivity contribution in [3.05, 3.63) is 29.3 Å². The SMILES string of the molecule is CCc1c(OC)cccc1C(=O)NC1CN2CCC1CC2. The van der Waals surface area contributed by atoms with Crippen molar-refractivity contribution in [3.63, 3.8) is 0 Å². The van der Waals surface area contributed by atoms with E-state index in [1.54, 1.807) is 7.11 Å². The first-order valence-electron chi connectivity index (χ1n) is 7.92. The van der Waals surface area contributed by atoms with Gasteiger partial charge in [0, 0.05) is 23.7 Å². The summed E-state index contributed by atoms with van der Waals surface area (Å²) in [5.41, 5.74) is 1.76. The van der Waals surface area contributed by atoms with Crippen LogP contribution < -0.4 is 10.1 Å². The van der Waals surface area contributed by atoms with Crippen molar-refractivity contribution in [2.75, 3.05) is 26.7 Å². The molecule has 4 nitrogen and oxygen atoms in total. The van der Waals surface area contributed by atoms with E-state index in [1.165, 1.54) is 25.9 Å². The number of carbonyl (C=O) groups excluding carboxylic acids is 1. The van der Waals surface area contributed by atoms with E-state index >= 15 is 0 Å². The van der Waals surface area contributed by atoms with Gasteiger partial charge >= 0.3 is 0 Å². The summed E-state index contributed by atoms with van der Waals surface area (Å²) in [6, 6.07) is 6.02. The van der Waals surface area contributed by atoms with Gasteiger partial charge in [-0.1, -0.05) is 13.0 Å². The van der Waals surface area contributed by atoms with Gasteiger partial charge in [-0.3, -0.25) is 4.79 Å². The van der Waals surface area contributed by atoms with Crippen molar-refractivity contribution in [2.45, 2.75) is 32.2 Å². The van der Waals surface area contributed by atoms with Crippen molar-refractivity contribution in [1.82, 2.24) is 10.2 Å². The first-order chi connectivity index (χ1) is 10.2. The fourth-order valence-corrected chi connectivity index (χ4v) is 3.71. The number of amides is 1. The number of methoxy groups -OCH3 is 1. The van der Waals surface area contributed by atoms with E-state index in [-0.39, 0.29) is 5.91 Å². The van der Waals surface area contributed by atoms with Crippen LogP contribution in [0.25, 0.3) is 0 Å². The number of hydrogen-bond donors (Lipinski definition) is 1. The predicted octanol–water partition coefficient (Wildman–Crippen LogP) is 2.08. The number of nitrogens with one attached hydrogen (secondary N) is 1. The molecule has 0 aliphatic carbocycles. The highest BCUT2D eigenvalue weighted by Gasteiger charge is 2.35. The quantitative estimate of drug-likeness (QED) is 0.922. The van der Waals surface area contributed by atoms with E-state index in [4.69, 9.17) is 4.74 Å². The van der Waals surface area contributed by atoms with Crippen molar-refractivity contribution < 1.29 is 9.53 Å². The third kappa shape index (κ3) is 2.77. The molecule has 2 bridgehead atoms. The van der Waals surface area contributed by atoms with Crippen LogP contribution in [-0.4, -0.2) is 43.6 Å². The van der Waals surface area contributed by atoms with E-state index in [0.717, 1.165) is 29.8 Å². The van der Waals surface area contributed by atoms with Crippen LogP contribution >= 0.6 is 0 Å². The van der Waals surface area contributed by atoms with Gasteiger partial charge in [0.15, 0.2) is 0 Å². The van der Waals surface area contributed by atoms with E-state index in [9.17, 15) is 4.79 Å². The van der Waals surface area contributed by atoms with Gasteiger partial charge in [0.05, 0.1) is 7.11 Å². The zero-order valence-electron chi connectivity index (χ0n) is 12.9. The van der Waals surface area contributed by atoms with Gasteiger partial charge in [0.2, 0.25) is 0 Å². The summed E-state index contributed by atoms with van der Waals surface area (Å²) in [6.07, 6.45) is 3.22. The van der Waals surface area contributed by atoms with Crippen LogP contribution in [-0.2, 0) is 6.42 Å². The van der Waals surface area contributed by atoms with Crippen molar-refractivity contribution >= 4 is 5.91 Å². The highest BCUT2D eigenvalue weighted by molar-refractivity contribution is 5.96. The maximum atomic E-state index is 12.7. The molecule has 3 aliphatic rings. The molecule has 3 fully saturated rings. The number of ether oxygens (including phenoxy) is 1. The van der Waals surface area contributed by atoms with Crippen LogP contribution in [0.4, 0.5) is 0 Å². The molecule has 0 spiro atoms. The van der Waals surface area contributed by atoms with Gasteiger partial charge < -0.3 is 15.0 Å². The minimum absolute atomic E-state index is 0.0458. The Labute approximate surface area is 126 Å². The molecule has 3 heterocycles. The average Bonchev–Trinajstić information content (AvgIpc) is 2.55. The number of nitrogens with zero attached hydrogens (tertiary/aromatic N) is 1. The van der Waals surface area contributed by atoms with Crippen LogP contribution in [0.3, 0.4) is 0 Å². The Bertz CT molecular complexity index is 522. The number of fused-ring (bicyclic) bond motifs is 3. The van der Waals surface area contributed by atoms with Crippen LogP contribution in [0.2, 0.25) is 0 Å². The second-order valence-electron chi connectivity index (χ2n) is 6.06. The number of benzene rings is 1. The van der Waals surface area contributed by atoms with Crippen LogP contribution in [0.15, 0.2) is 18.2 Å². The maximum Gasteiger partial charge on any atom is 0.251 e. The molecule has 0 radical (unpaired) electrons. The second kappa shape index (κ2) is 6.06. The summed E-state index contributed by atoms with van der Waals surface area (Å²) in [5, 5.41) is 3.26. The zero-order valence-corrected chi connectivity index (χ0v) is 12.9. The maximum absolute atomic E-state index is 12.7. The van der Waals surface area contributed by atoms with E-state index < -0.39 is 0 Å². The summed E-state index contributed by atoms with van der Waals surface area (Å²) < 4.78 is 5.38. The van der Waals surface area contributed by atoms with Crippen LogP contribution in [0.1, 0.15) is 35.7 Å². The highest BCUT2D eigenvalue weighted by atomic mass is 16.5. The summed E-state index contributed by atoms with van der Waals surface area (Å²) in [6.45, 7) is 5.44. The molecule has 1 N–H and O–H groups in total. The van der Waals surface area contributed by atoms with E-state index in [0.29, 0.717) is 12.0 Å². The topological polar surface area (TPSA) is 41.6 Å². The summed E-state index contributed by atoms with van der Waals surface area (Å²) in [7, 11) is 1.66. The van der Waals surface area contributed by atoms with E-state index in [1.807, 2.05) is 18.2 Å². The Morgan fingerprint density at radius 2 is 2.14 bits per heavy atom. The average molecular weight is 288 g/mol. The molecule has 1 aromatic rings. The smallest absolute Gasteiger partial charge is 0.251 e. The summed E-state index contributed by atoms with van der Waals surface area (Å²) in [5.74, 6) is 1.50. The van der Waals surface area contributed by atoms with Gasteiger partial charge in [-0.2, -0.15) is 0 Å². The Balaban J connectivity index is 1.76. The molecule has 1 amide bonds. The molecule has 4 rings (SSSR count). The monoisotopic (exact) mass is 288 g/mol. The Morgan fingerprint density at radius 1 is 1.38 bits per heavy atom. The lowest BCUT2D eigenvalue weighted by Gasteiger charge is -2.45. The third-order valence-electron chi connectivity index (χ3n) is 4.92. The first kappa shape index (κ1) is 14.4. The molecule has 0 aromatic heterocycles. The highest BCUT2D eigenvalue weighted by Crippen LogP contribution is 2.28. The van der Waals surface area contributed by atoms with Crippen LogP contribution in [0.5, 0.6) is 5.75 Å². The van der Waals surface area contributed by atoms with Gasteiger partial charge in [-0.25, -0.2) is 0 Å². The van der Waals surface area contributed by atoms with Gasteiger partial charge in [-0.05, 0) is 50.4 Å². The lowest BCUT2D eigenvalue weighted by molar-refractivity contribution is 0.0620. The fraction of sp³-hybridized carbons (Fsp3) is 0.588. The molecule has 0 saturated carbocycles. The van der Waals surface area contributed by atoms with E-state index in [2.05, 4.69) is 17.1 Å². The minimum Gasteiger partial charge on any atom is -0.496 e. The van der Waals surface area contributed by atoms with Gasteiger partial charge in [-0.15, -0.1) is 0 Å². The van der Waals surface area contributed by atoms with Gasteiger partial charge in [0.25, 0.3) is 5.91 Å². The fourth-order valence-electron chi connectivity index (χ4n) is 3.71. The number of carbonyl (C=O) groups is 1. The molecule has 1 aromatic carbocycles. The predicted molar refractivity (Wildman–Crippen MR) is 82.8 cm³/mol. The minimum atomic E-state index is 0.0458. The number of piperidine rings is 3. The van der Waals surface area contributed by atoms with Gasteiger partial charge in [0.1, 0.15) is 5.75 Å². The summed E-state index contributed by atoms with van der Waals surface area (Å²) in [4.78, 5) is 15.1. The Morgan fingerprint density at radius 3 is 2.71 bits per heavy atom. The second-order valence-corrected chi connectivity index (χ2v) is 6.06. The molecule has 3 aliphatic heterocycles. The summed E-state index contributed by atoms with van der Waals surface area (Å²) >= 11 is 0. The lowest BCUT2D eigenvalue weighted by atomic mass is 9.84. The number of rotatable bonds is 4. The molecule has 21 heavy (non-hydrogen) atoms. The molecule has 1 unspecified atom stereocenters. The van der Waals surface area contributed by atoms with Crippen molar-refractivity contribution in [1.29, 1.82) is 0 Å². The van der Waals surface area contributed by atoms with Crippen molar-refractivity contribution in [3.8, 4) is 5.75 Å². The standard InChI is InChI=1S/C17H24N2O2/c1-3-13-14(5-4-6-16(13)21-2)17(20)18-15-11-19-9-7-12(15)8-10-19/h4-6,12,15H,3,7-11H2,1-2H3,(H,18,20). The normalized spacial score (nSPS) is 27.4. The lowest BCUT2D eigenvalue weighted by Crippen LogP contribution is -2.57. The Hall–Kier alpha value is -1.55. The van der Waals surface area contributed by atoms with Crippen LogP contribution in [0, 0.1) is 5.92 Å². The third-order valence-corrected chi connectivity index (χ3v) is 4.92. The number of hydrogen-bond acceptors (Lipinski definition) is 3. The molecule has 1 atom stereocenters. The van der Waals surface area contributed by atoms with Crippen molar-refractivity contribution in [2.24, 2.45) is 5.92 Å². The molecular formula is C17H24N2O2. The molecular weight excluding hydrogens is 264 g/mol. The first-order valence-corrected chi connectivity index (χ1v) is 7.92. The zero-order chi connectivity index (χ0) is 14.8.